The number of unbranched alkanes of at least 4 members (excludes halogenated alkanes) is 31. The van der Waals surface area contributed by atoms with Crippen molar-refractivity contribution in [3.05, 3.63) is 72.9 Å². The first-order valence-corrected chi connectivity index (χ1v) is 31.3. The van der Waals surface area contributed by atoms with E-state index in [0.717, 1.165) is 64.2 Å². The van der Waals surface area contributed by atoms with Gasteiger partial charge in [0.05, 0.1) is 39.9 Å². The smallest absolute Gasteiger partial charge is 0.387 e. The van der Waals surface area contributed by atoms with Crippen LogP contribution in [0.25, 0.3) is 0 Å². The molecular weight excluding hydrogens is 900 g/mol. The minimum atomic E-state index is -4.36. The summed E-state index contributed by atoms with van der Waals surface area (Å²) < 4.78 is 23.7. The summed E-state index contributed by atoms with van der Waals surface area (Å²) in [6.07, 6.45) is 73.0. The molecule has 0 saturated carbocycles. The minimum Gasteiger partial charge on any atom is -0.387 e. The fourth-order valence-corrected chi connectivity index (χ4v) is 9.26. The summed E-state index contributed by atoms with van der Waals surface area (Å²) >= 11 is 0. The maximum Gasteiger partial charge on any atom is 0.472 e. The zero-order valence-electron chi connectivity index (χ0n) is 47.2. The van der Waals surface area contributed by atoms with Crippen LogP contribution in [0, 0.1) is 0 Å². The van der Waals surface area contributed by atoms with Gasteiger partial charge < -0.3 is 19.8 Å². The molecule has 0 heterocycles. The average molecular weight is 1020 g/mol. The van der Waals surface area contributed by atoms with Crippen molar-refractivity contribution in [3.63, 3.8) is 0 Å². The van der Waals surface area contributed by atoms with Gasteiger partial charge in [-0.3, -0.25) is 13.8 Å². The quantitative estimate of drug-likeness (QED) is 0.0243. The lowest BCUT2D eigenvalue weighted by Gasteiger charge is -2.25. The van der Waals surface area contributed by atoms with Crippen molar-refractivity contribution in [1.29, 1.82) is 0 Å². The number of nitrogens with one attached hydrogen (secondary N) is 1. The van der Waals surface area contributed by atoms with Gasteiger partial charge in [0.2, 0.25) is 5.91 Å². The molecule has 0 aromatic carbocycles. The molecule has 9 heteroatoms. The first-order chi connectivity index (χ1) is 34.5. The molecule has 0 saturated heterocycles. The van der Waals surface area contributed by atoms with Crippen LogP contribution in [-0.4, -0.2) is 73.4 Å². The summed E-state index contributed by atoms with van der Waals surface area (Å²) in [6.45, 7) is 4.70. The van der Waals surface area contributed by atoms with Gasteiger partial charge in [0.1, 0.15) is 13.2 Å². The van der Waals surface area contributed by atoms with Gasteiger partial charge in [0.15, 0.2) is 0 Å². The summed E-state index contributed by atoms with van der Waals surface area (Å²) in [5, 5.41) is 13.9. The first kappa shape index (κ1) is 68.9. The van der Waals surface area contributed by atoms with Crippen LogP contribution in [-0.2, 0) is 18.4 Å². The molecule has 0 radical (unpaired) electrons. The van der Waals surface area contributed by atoms with Crippen LogP contribution in [0.1, 0.15) is 264 Å². The van der Waals surface area contributed by atoms with Crippen LogP contribution in [0.2, 0.25) is 0 Å². The normalized spacial score (nSPS) is 14.4. The van der Waals surface area contributed by atoms with Gasteiger partial charge in [-0.1, -0.05) is 260 Å². The Hall–Kier alpha value is -2.06. The lowest BCUT2D eigenvalue weighted by atomic mass is 10.0. The van der Waals surface area contributed by atoms with Crippen molar-refractivity contribution < 1.29 is 32.9 Å². The summed E-state index contributed by atoms with van der Waals surface area (Å²) in [5.74, 6) is -0.192. The lowest BCUT2D eigenvalue weighted by molar-refractivity contribution is -0.870. The number of hydrogen-bond donors (Lipinski definition) is 3. The third kappa shape index (κ3) is 55.5. The number of phosphoric ester groups is 1. The largest absolute Gasteiger partial charge is 0.472 e. The molecule has 0 aliphatic carbocycles. The molecule has 8 nitrogen and oxygen atoms in total. The van der Waals surface area contributed by atoms with E-state index in [4.69, 9.17) is 9.05 Å². The molecule has 0 spiro atoms. The molecule has 0 bridgehead atoms. The van der Waals surface area contributed by atoms with Gasteiger partial charge in [-0.2, -0.15) is 0 Å². The Morgan fingerprint density at radius 1 is 0.493 bits per heavy atom. The predicted molar refractivity (Wildman–Crippen MR) is 309 cm³/mol. The van der Waals surface area contributed by atoms with E-state index in [1.165, 1.54) is 180 Å². The number of aliphatic hydroxyl groups excluding tert-OH is 1. The molecule has 0 aromatic rings. The molecule has 3 N–H and O–H groups in total. The van der Waals surface area contributed by atoms with Gasteiger partial charge in [-0.15, -0.1) is 0 Å². The Morgan fingerprint density at radius 2 is 0.859 bits per heavy atom. The maximum absolute atomic E-state index is 13.0. The number of allylic oxidation sites excluding steroid dienone is 11. The number of amides is 1. The summed E-state index contributed by atoms with van der Waals surface area (Å²) in [6, 6.07) is -0.870. The highest BCUT2D eigenvalue weighted by atomic mass is 31.2. The summed E-state index contributed by atoms with van der Waals surface area (Å²) in [5.41, 5.74) is 0. The molecule has 414 valence electrons. The molecule has 3 atom stereocenters. The Labute approximate surface area is 440 Å². The second-order valence-corrected chi connectivity index (χ2v) is 22.8. The van der Waals surface area contributed by atoms with E-state index < -0.39 is 20.0 Å². The van der Waals surface area contributed by atoms with Crippen LogP contribution in [0.3, 0.4) is 0 Å². The molecule has 1 amide bonds. The van der Waals surface area contributed by atoms with E-state index in [9.17, 15) is 19.4 Å². The number of likely N-dealkylation sites (N-methyl/N-ethyl adjacent to an activating group) is 1. The lowest BCUT2D eigenvalue weighted by Crippen LogP contribution is -2.45. The van der Waals surface area contributed by atoms with Crippen molar-refractivity contribution in [3.8, 4) is 0 Å². The van der Waals surface area contributed by atoms with Crippen LogP contribution >= 0.6 is 7.82 Å². The number of quaternary nitrogens is 1. The SMILES string of the molecule is CC/C=C\C/C=C\C/C=C\C/C=C\CCCCCCCCCCCCC(=O)NC(COP(=O)(O)OCC[N+](C)(C)C)C(O)/C=C/CC/C=C/CCCCCCCCCCCCCCCCCCCCCC. The van der Waals surface area contributed by atoms with E-state index in [1.54, 1.807) is 6.08 Å². The molecule has 0 aromatic heterocycles. The van der Waals surface area contributed by atoms with Crippen molar-refractivity contribution in [2.45, 2.75) is 276 Å². The van der Waals surface area contributed by atoms with E-state index in [-0.39, 0.29) is 19.1 Å². The van der Waals surface area contributed by atoms with Crippen LogP contribution in [0.15, 0.2) is 72.9 Å². The number of carbonyl (C=O) groups excluding carboxylic acids is 1. The van der Waals surface area contributed by atoms with Crippen LogP contribution < -0.4 is 5.32 Å². The molecule has 0 fully saturated rings. The minimum absolute atomic E-state index is 0.0527. The van der Waals surface area contributed by atoms with Gasteiger partial charge in [-0.25, -0.2) is 4.57 Å². The zero-order chi connectivity index (χ0) is 52.0. The van der Waals surface area contributed by atoms with Crippen molar-refractivity contribution in [1.82, 2.24) is 5.32 Å². The molecular formula is C62H116N2O6P+. The van der Waals surface area contributed by atoms with Crippen molar-refractivity contribution in [2.24, 2.45) is 0 Å². The Kier molecular flexibility index (Phi) is 51.3. The van der Waals surface area contributed by atoms with Crippen LogP contribution in [0.5, 0.6) is 0 Å². The number of carbonyl (C=O) groups is 1. The topological polar surface area (TPSA) is 105 Å². The highest BCUT2D eigenvalue weighted by Gasteiger charge is 2.27. The van der Waals surface area contributed by atoms with Crippen molar-refractivity contribution >= 4 is 13.7 Å². The second-order valence-electron chi connectivity index (χ2n) is 21.3. The number of nitrogens with zero attached hydrogens (tertiary/aromatic N) is 1. The van der Waals surface area contributed by atoms with Crippen molar-refractivity contribution in [2.75, 3.05) is 40.9 Å². The third-order valence-electron chi connectivity index (χ3n) is 13.2. The van der Waals surface area contributed by atoms with E-state index >= 15 is 0 Å². The predicted octanol–water partition coefficient (Wildman–Crippen LogP) is 18.3. The Bertz CT molecular complexity index is 1380. The fourth-order valence-electron chi connectivity index (χ4n) is 8.52. The standard InChI is InChI=1S/C62H115N2O6P/c1-6-8-10-12-14-16-18-20-22-24-26-28-30-31-32-34-35-37-39-41-43-45-47-49-51-53-55-61(65)60(59-70-71(67,68)69-58-57-64(3,4)5)63-62(66)56-54-52-50-48-46-44-42-40-38-36-33-29-27-25-23-21-19-17-15-13-11-9-7-2/h9,11,15,17,21,23,27,29,45,47,53,55,60-61,65H,6-8,10,12-14,16,18-20,22,24-26,28,30-44,46,48-52,54,56-59H2,1-5H3,(H-,63,66,67,68)/p+1/b11-9-,17-15-,23-21-,29-27-,47-45+,55-53+. The van der Waals surface area contributed by atoms with E-state index in [2.05, 4.69) is 79.9 Å². The molecule has 0 rings (SSSR count). The van der Waals surface area contributed by atoms with Gasteiger partial charge in [0.25, 0.3) is 0 Å². The first-order valence-electron chi connectivity index (χ1n) is 29.8. The molecule has 0 aliphatic rings. The highest BCUT2D eigenvalue weighted by Crippen LogP contribution is 2.43. The van der Waals surface area contributed by atoms with Gasteiger partial charge >= 0.3 is 7.82 Å². The molecule has 3 unspecified atom stereocenters. The monoisotopic (exact) mass is 1020 g/mol. The van der Waals surface area contributed by atoms with Gasteiger partial charge in [-0.05, 0) is 70.6 Å². The summed E-state index contributed by atoms with van der Waals surface area (Å²) in [4.78, 5) is 23.3. The van der Waals surface area contributed by atoms with Crippen LogP contribution in [0.4, 0.5) is 0 Å². The zero-order valence-corrected chi connectivity index (χ0v) is 48.1. The van der Waals surface area contributed by atoms with Gasteiger partial charge in [0, 0.05) is 6.42 Å². The number of rotatable bonds is 54. The number of hydrogen-bond acceptors (Lipinski definition) is 5. The number of phosphoric acid groups is 1. The molecule has 71 heavy (non-hydrogen) atoms. The molecule has 0 aliphatic heterocycles. The maximum atomic E-state index is 13.0. The third-order valence-corrected chi connectivity index (χ3v) is 14.1. The average Bonchev–Trinajstić information content (AvgIpc) is 3.33. The highest BCUT2D eigenvalue weighted by molar-refractivity contribution is 7.47. The van der Waals surface area contributed by atoms with E-state index in [1.807, 2.05) is 27.2 Å². The van der Waals surface area contributed by atoms with E-state index in [0.29, 0.717) is 17.4 Å². The Morgan fingerprint density at radius 3 is 1.30 bits per heavy atom. The number of aliphatic hydroxyl groups is 1. The summed E-state index contributed by atoms with van der Waals surface area (Å²) in [7, 11) is 1.55. The second kappa shape index (κ2) is 52.8. The fraction of sp³-hybridized carbons (Fsp3) is 0.790. The Balaban J connectivity index is 4.25.